The van der Waals surface area contributed by atoms with E-state index < -0.39 is 41.1 Å². The summed E-state index contributed by atoms with van der Waals surface area (Å²) in [5.74, 6) is -6.19. The van der Waals surface area contributed by atoms with Gasteiger partial charge in [0.15, 0.2) is 23.6 Å². The van der Waals surface area contributed by atoms with Crippen LogP contribution in [0.1, 0.15) is 23.6 Å². The molecule has 0 bridgehead atoms. The Hall–Kier alpha value is -3.29. The maximum absolute atomic E-state index is 13.7. The van der Waals surface area contributed by atoms with E-state index in [0.717, 1.165) is 22.6 Å². The number of esters is 1. The Morgan fingerprint density at radius 3 is 2.52 bits per heavy atom. The van der Waals surface area contributed by atoms with Crippen LogP contribution >= 0.6 is 0 Å². The van der Waals surface area contributed by atoms with Crippen molar-refractivity contribution in [2.75, 3.05) is 5.32 Å². The topological polar surface area (TPSA) is 68.5 Å². The number of aryl methyl sites for hydroxylation is 2. The number of furan rings is 1. The molecule has 1 unspecified atom stereocenters. The summed E-state index contributed by atoms with van der Waals surface area (Å²) < 4.78 is 50.4. The summed E-state index contributed by atoms with van der Waals surface area (Å²) in [6.07, 6.45) is 0.0379. The Balaban J connectivity index is 1.65. The lowest BCUT2D eigenvalue weighted by Crippen LogP contribution is -2.30. The molecule has 1 N–H and O–H groups in total. The number of hydrogen-bond donors (Lipinski definition) is 1. The van der Waals surface area contributed by atoms with E-state index >= 15 is 0 Å². The number of ether oxygens (including phenoxy) is 1. The molecule has 1 aromatic heterocycles. The van der Waals surface area contributed by atoms with Crippen molar-refractivity contribution in [1.29, 1.82) is 0 Å². The molecule has 0 aliphatic heterocycles. The molecule has 0 saturated carbocycles. The van der Waals surface area contributed by atoms with Gasteiger partial charge in [0.05, 0.1) is 18.4 Å². The summed E-state index contributed by atoms with van der Waals surface area (Å²) in [5, 5.41) is 2.84. The van der Waals surface area contributed by atoms with Crippen LogP contribution in [0.4, 0.5) is 18.9 Å². The number of amides is 1. The zero-order chi connectivity index (χ0) is 21.3. The molecule has 5 nitrogen and oxygen atoms in total. The maximum Gasteiger partial charge on any atom is 0.311 e. The number of benzene rings is 2. The van der Waals surface area contributed by atoms with Gasteiger partial charge >= 0.3 is 5.97 Å². The molecule has 1 atom stereocenters. The second-order valence-electron chi connectivity index (χ2n) is 6.71. The third kappa shape index (κ3) is 4.26. The van der Waals surface area contributed by atoms with Gasteiger partial charge in [0.25, 0.3) is 5.91 Å². The van der Waals surface area contributed by atoms with Crippen molar-refractivity contribution in [2.24, 2.45) is 0 Å². The molecular weight excluding hydrogens is 387 g/mol. The molecule has 2 aromatic carbocycles. The predicted octanol–water partition coefficient (Wildman–Crippen LogP) is 4.58. The van der Waals surface area contributed by atoms with Crippen molar-refractivity contribution in [3.8, 4) is 0 Å². The molecular formula is C21H18F3NO4. The number of halogens is 3. The molecule has 1 amide bonds. The van der Waals surface area contributed by atoms with Crippen LogP contribution in [0.15, 0.2) is 34.9 Å². The number of carbonyl (C=O) groups is 2. The van der Waals surface area contributed by atoms with Gasteiger partial charge in [0.1, 0.15) is 5.58 Å². The van der Waals surface area contributed by atoms with Crippen molar-refractivity contribution in [3.63, 3.8) is 0 Å². The number of carbonyl (C=O) groups excluding carboxylic acids is 2. The zero-order valence-electron chi connectivity index (χ0n) is 15.9. The van der Waals surface area contributed by atoms with Gasteiger partial charge in [-0.2, -0.15) is 0 Å². The first-order valence-corrected chi connectivity index (χ1v) is 8.78. The Morgan fingerprint density at radius 2 is 1.79 bits per heavy atom. The maximum atomic E-state index is 13.7. The van der Waals surface area contributed by atoms with Crippen LogP contribution in [0.5, 0.6) is 0 Å². The highest BCUT2D eigenvalue weighted by molar-refractivity contribution is 5.95. The van der Waals surface area contributed by atoms with Crippen LogP contribution in [0, 0.1) is 31.3 Å². The van der Waals surface area contributed by atoms with Crippen LogP contribution in [0.3, 0.4) is 0 Å². The number of nitrogens with one attached hydrogen (secondary N) is 1. The fourth-order valence-corrected chi connectivity index (χ4v) is 2.78. The van der Waals surface area contributed by atoms with Crippen LogP contribution < -0.4 is 5.32 Å². The lowest BCUT2D eigenvalue weighted by molar-refractivity contribution is -0.152. The van der Waals surface area contributed by atoms with Crippen LogP contribution in [-0.2, 0) is 20.7 Å². The Labute approximate surface area is 164 Å². The Kier molecular flexibility index (Phi) is 5.63. The summed E-state index contributed by atoms with van der Waals surface area (Å²) >= 11 is 0. The molecule has 3 rings (SSSR count). The molecule has 0 aliphatic carbocycles. The highest BCUT2D eigenvalue weighted by atomic mass is 19.2. The Morgan fingerprint density at radius 1 is 1.10 bits per heavy atom. The molecule has 0 fully saturated rings. The van der Waals surface area contributed by atoms with E-state index in [1.807, 2.05) is 26.0 Å². The summed E-state index contributed by atoms with van der Waals surface area (Å²) in [4.78, 5) is 24.3. The molecule has 1 heterocycles. The molecule has 152 valence electrons. The number of anilines is 1. The van der Waals surface area contributed by atoms with Crippen molar-refractivity contribution in [2.45, 2.75) is 33.3 Å². The van der Waals surface area contributed by atoms with E-state index in [1.165, 1.54) is 13.2 Å². The van der Waals surface area contributed by atoms with Gasteiger partial charge in [-0.25, -0.2) is 13.2 Å². The molecule has 29 heavy (non-hydrogen) atoms. The lowest BCUT2D eigenvalue weighted by atomic mass is 10.0. The van der Waals surface area contributed by atoms with Crippen LogP contribution in [0.2, 0.25) is 0 Å². The van der Waals surface area contributed by atoms with Crippen molar-refractivity contribution < 1.29 is 31.9 Å². The summed E-state index contributed by atoms with van der Waals surface area (Å²) in [6.45, 7) is 5.17. The van der Waals surface area contributed by atoms with Gasteiger partial charge in [-0.3, -0.25) is 9.59 Å². The van der Waals surface area contributed by atoms with E-state index in [1.54, 1.807) is 0 Å². The van der Waals surface area contributed by atoms with Crippen LogP contribution in [-0.4, -0.2) is 18.0 Å². The fraction of sp³-hybridized carbons (Fsp3) is 0.238. The summed E-state index contributed by atoms with van der Waals surface area (Å²) in [5.41, 5.74) is 2.77. The zero-order valence-corrected chi connectivity index (χ0v) is 15.9. The average Bonchev–Trinajstić information content (AvgIpc) is 3.03. The first-order chi connectivity index (χ1) is 13.7. The third-order valence-electron chi connectivity index (χ3n) is 4.58. The second-order valence-corrected chi connectivity index (χ2v) is 6.71. The first kappa shape index (κ1) is 20.4. The smallest absolute Gasteiger partial charge is 0.311 e. The van der Waals surface area contributed by atoms with E-state index in [4.69, 9.17) is 9.15 Å². The third-order valence-corrected chi connectivity index (χ3v) is 4.58. The molecule has 0 saturated heterocycles. The lowest BCUT2D eigenvalue weighted by Gasteiger charge is -2.14. The van der Waals surface area contributed by atoms with E-state index in [2.05, 4.69) is 5.32 Å². The van der Waals surface area contributed by atoms with E-state index in [-0.39, 0.29) is 6.42 Å². The molecule has 0 aliphatic rings. The minimum Gasteiger partial charge on any atom is -0.464 e. The van der Waals surface area contributed by atoms with Gasteiger partial charge < -0.3 is 14.5 Å². The predicted molar refractivity (Wildman–Crippen MR) is 99.9 cm³/mol. The normalized spacial score (nSPS) is 12.1. The van der Waals surface area contributed by atoms with E-state index in [0.29, 0.717) is 17.2 Å². The van der Waals surface area contributed by atoms with E-state index in [9.17, 15) is 22.8 Å². The SMILES string of the molecule is Cc1cc2occ(CC(=O)OC(C)C(=O)Nc3ccc(F)c(F)c3F)c2cc1C. The van der Waals surface area contributed by atoms with Crippen LogP contribution in [0.25, 0.3) is 11.0 Å². The van der Waals surface area contributed by atoms with Crippen molar-refractivity contribution in [3.05, 3.63) is 64.7 Å². The number of rotatable bonds is 5. The summed E-state index contributed by atoms with van der Waals surface area (Å²) in [7, 11) is 0. The van der Waals surface area contributed by atoms with Crippen molar-refractivity contribution >= 4 is 28.5 Å². The fourth-order valence-electron chi connectivity index (χ4n) is 2.78. The standard InChI is InChI=1S/C21H18F3NO4/c1-10-6-14-13(9-28-17(14)7-11(10)2)8-18(26)29-12(3)21(27)25-16-5-4-15(22)19(23)20(16)24/h4-7,9,12H,8H2,1-3H3,(H,25,27). The van der Waals surface area contributed by atoms with Gasteiger partial charge in [0.2, 0.25) is 0 Å². The molecule has 0 radical (unpaired) electrons. The van der Waals surface area contributed by atoms with Gasteiger partial charge in [-0.05, 0) is 56.2 Å². The second kappa shape index (κ2) is 7.98. The van der Waals surface area contributed by atoms with Gasteiger partial charge in [-0.15, -0.1) is 0 Å². The monoisotopic (exact) mass is 405 g/mol. The van der Waals surface area contributed by atoms with Crippen molar-refractivity contribution in [1.82, 2.24) is 0 Å². The minimum absolute atomic E-state index is 0.132. The van der Waals surface area contributed by atoms with Gasteiger partial charge in [-0.1, -0.05) is 0 Å². The Bertz CT molecular complexity index is 1110. The average molecular weight is 405 g/mol. The van der Waals surface area contributed by atoms with Gasteiger partial charge in [0, 0.05) is 10.9 Å². The highest BCUT2D eigenvalue weighted by Crippen LogP contribution is 2.25. The number of fused-ring (bicyclic) bond motifs is 1. The summed E-state index contributed by atoms with van der Waals surface area (Å²) in [6, 6.07) is 5.32. The minimum atomic E-state index is -1.70. The highest BCUT2D eigenvalue weighted by Gasteiger charge is 2.22. The number of hydrogen-bond acceptors (Lipinski definition) is 4. The quantitative estimate of drug-likeness (QED) is 0.498. The molecule has 0 spiro atoms. The first-order valence-electron chi connectivity index (χ1n) is 8.78. The molecule has 3 aromatic rings. The molecule has 8 heteroatoms. The largest absolute Gasteiger partial charge is 0.464 e.